The molecule has 294 valence electrons. The highest BCUT2D eigenvalue weighted by molar-refractivity contribution is 7.47. The number of aliphatic hydroxyl groups is 1. The summed E-state index contributed by atoms with van der Waals surface area (Å²) in [7, 11) is -4.53. The maximum atomic E-state index is 12.5. The number of phosphoric acid groups is 1. The summed E-state index contributed by atoms with van der Waals surface area (Å²) in [6.45, 7) is 2.69. The van der Waals surface area contributed by atoms with Crippen molar-refractivity contribution in [2.45, 2.75) is 200 Å². The van der Waals surface area contributed by atoms with Gasteiger partial charge in [-0.25, -0.2) is 4.57 Å². The third-order valence-corrected chi connectivity index (χ3v) is 9.58. The zero-order valence-electron chi connectivity index (χ0n) is 32.0. The number of rotatable bonds is 38. The summed E-state index contributed by atoms with van der Waals surface area (Å²) in [6, 6.07) is 0. The molecule has 0 rings (SSSR count). The summed E-state index contributed by atoms with van der Waals surface area (Å²) in [5.41, 5.74) is 0. The Morgan fingerprint density at radius 1 is 0.540 bits per heavy atom. The van der Waals surface area contributed by atoms with Gasteiger partial charge in [0.2, 0.25) is 0 Å². The highest BCUT2D eigenvalue weighted by atomic mass is 31.2. The lowest BCUT2D eigenvalue weighted by atomic mass is 10.1. The van der Waals surface area contributed by atoms with Gasteiger partial charge in [0.1, 0.15) is 6.61 Å². The van der Waals surface area contributed by atoms with E-state index in [4.69, 9.17) is 19.1 Å². The first-order chi connectivity index (χ1) is 24.3. The Morgan fingerprint density at radius 3 is 1.34 bits per heavy atom. The van der Waals surface area contributed by atoms with Crippen LogP contribution in [0.5, 0.6) is 0 Å². The van der Waals surface area contributed by atoms with Crippen molar-refractivity contribution in [1.82, 2.24) is 0 Å². The molecule has 2 atom stereocenters. The number of allylic oxidation sites excluding steroid dienone is 4. The summed E-state index contributed by atoms with van der Waals surface area (Å²) in [5, 5.41) is 8.79. The van der Waals surface area contributed by atoms with Crippen LogP contribution in [0.15, 0.2) is 24.3 Å². The van der Waals surface area contributed by atoms with Crippen molar-refractivity contribution >= 4 is 19.8 Å². The molecule has 0 spiro atoms. The average Bonchev–Trinajstić information content (AvgIpc) is 3.09. The SMILES string of the molecule is CCCCCCCC/C=C\CCCCCCCC(=O)OC[C@H](COP(=O)(O)OCO)OC(=O)CCCCCCC/C=C\CCCCCCCC. The van der Waals surface area contributed by atoms with Crippen LogP contribution in [0.1, 0.15) is 194 Å². The van der Waals surface area contributed by atoms with Crippen LogP contribution in [-0.2, 0) is 32.7 Å². The van der Waals surface area contributed by atoms with Gasteiger partial charge in [-0.05, 0) is 64.2 Å². The lowest BCUT2D eigenvalue weighted by Crippen LogP contribution is -2.29. The monoisotopic (exact) mass is 731 g/mol. The third kappa shape index (κ3) is 36.3. The Bertz CT molecular complexity index is 877. The Kier molecular flexibility index (Phi) is 36.1. The minimum atomic E-state index is -4.53. The van der Waals surface area contributed by atoms with Gasteiger partial charge in [-0.2, -0.15) is 0 Å². The fraction of sp³-hybridized carbons (Fsp3) is 0.850. The molecule has 0 aliphatic rings. The number of esters is 2. The Labute approximate surface area is 306 Å². The molecule has 0 radical (unpaired) electrons. The smallest absolute Gasteiger partial charge is 0.462 e. The van der Waals surface area contributed by atoms with Crippen LogP contribution >= 0.6 is 7.82 Å². The first-order valence-electron chi connectivity index (χ1n) is 20.2. The second-order valence-corrected chi connectivity index (χ2v) is 14.9. The zero-order chi connectivity index (χ0) is 36.8. The van der Waals surface area contributed by atoms with Crippen LogP contribution in [0.2, 0.25) is 0 Å². The van der Waals surface area contributed by atoms with E-state index in [0.29, 0.717) is 12.8 Å². The van der Waals surface area contributed by atoms with Gasteiger partial charge in [0, 0.05) is 12.8 Å². The summed E-state index contributed by atoms with van der Waals surface area (Å²) >= 11 is 0. The van der Waals surface area contributed by atoms with Gasteiger partial charge >= 0.3 is 19.8 Å². The summed E-state index contributed by atoms with van der Waals surface area (Å²) in [6.07, 6.45) is 38.8. The largest absolute Gasteiger partial charge is 0.474 e. The van der Waals surface area contributed by atoms with Crippen molar-refractivity contribution in [3.63, 3.8) is 0 Å². The van der Waals surface area contributed by atoms with Crippen molar-refractivity contribution in [1.29, 1.82) is 0 Å². The van der Waals surface area contributed by atoms with E-state index < -0.39 is 39.3 Å². The number of hydrogen-bond donors (Lipinski definition) is 2. The number of phosphoric ester groups is 1. The lowest BCUT2D eigenvalue weighted by molar-refractivity contribution is -0.161. The number of carbonyl (C=O) groups excluding carboxylic acids is 2. The molecule has 0 saturated carbocycles. The maximum absolute atomic E-state index is 12.5. The van der Waals surface area contributed by atoms with Crippen molar-refractivity contribution in [3.8, 4) is 0 Å². The summed E-state index contributed by atoms with van der Waals surface area (Å²) < 4.78 is 31.7. The van der Waals surface area contributed by atoms with E-state index in [9.17, 15) is 19.0 Å². The van der Waals surface area contributed by atoms with Crippen LogP contribution < -0.4 is 0 Å². The quantitative estimate of drug-likeness (QED) is 0.0210. The Morgan fingerprint density at radius 2 is 0.920 bits per heavy atom. The molecule has 0 aromatic carbocycles. The molecule has 0 aliphatic carbocycles. The molecular weight excluding hydrogens is 655 g/mol. The first-order valence-corrected chi connectivity index (χ1v) is 21.7. The van der Waals surface area contributed by atoms with Crippen LogP contribution in [-0.4, -0.2) is 48.0 Å². The van der Waals surface area contributed by atoms with Crippen LogP contribution in [0.25, 0.3) is 0 Å². The predicted octanol–water partition coefficient (Wildman–Crippen LogP) is 11.6. The van der Waals surface area contributed by atoms with Crippen molar-refractivity contribution in [2.24, 2.45) is 0 Å². The summed E-state index contributed by atoms with van der Waals surface area (Å²) in [4.78, 5) is 34.4. The number of aliphatic hydroxyl groups excluding tert-OH is 1. The van der Waals surface area contributed by atoms with E-state index >= 15 is 0 Å². The second-order valence-electron chi connectivity index (χ2n) is 13.5. The molecule has 9 nitrogen and oxygen atoms in total. The van der Waals surface area contributed by atoms with Gasteiger partial charge in [0.15, 0.2) is 12.9 Å². The molecule has 0 bridgehead atoms. The molecule has 1 unspecified atom stereocenters. The molecule has 0 aromatic rings. The molecule has 0 saturated heterocycles. The predicted molar refractivity (Wildman–Crippen MR) is 204 cm³/mol. The zero-order valence-corrected chi connectivity index (χ0v) is 32.9. The molecule has 0 amide bonds. The molecule has 0 aliphatic heterocycles. The van der Waals surface area contributed by atoms with Gasteiger partial charge < -0.3 is 19.5 Å². The third-order valence-electron chi connectivity index (χ3n) is 8.66. The fourth-order valence-electron chi connectivity index (χ4n) is 5.59. The minimum absolute atomic E-state index is 0.196. The van der Waals surface area contributed by atoms with Crippen LogP contribution in [0, 0.1) is 0 Å². The Hall–Kier alpha value is -1.51. The second kappa shape index (κ2) is 37.3. The lowest BCUT2D eigenvalue weighted by Gasteiger charge is -2.19. The fourth-order valence-corrected chi connectivity index (χ4v) is 6.16. The molecule has 0 aromatic heterocycles. The van der Waals surface area contributed by atoms with Gasteiger partial charge in [0.05, 0.1) is 6.61 Å². The number of unbranched alkanes of at least 4 members (excludes halogenated alkanes) is 22. The van der Waals surface area contributed by atoms with Crippen LogP contribution in [0.4, 0.5) is 0 Å². The number of hydrogen-bond acceptors (Lipinski definition) is 8. The van der Waals surface area contributed by atoms with E-state index in [0.717, 1.165) is 64.2 Å². The van der Waals surface area contributed by atoms with Gasteiger partial charge in [-0.3, -0.25) is 18.6 Å². The molecule has 0 heterocycles. The van der Waals surface area contributed by atoms with E-state index in [2.05, 4.69) is 42.7 Å². The molecular formula is C40H75O9P. The van der Waals surface area contributed by atoms with Gasteiger partial charge in [-0.1, -0.05) is 141 Å². The van der Waals surface area contributed by atoms with E-state index in [1.54, 1.807) is 0 Å². The van der Waals surface area contributed by atoms with E-state index in [1.165, 1.54) is 89.9 Å². The van der Waals surface area contributed by atoms with Gasteiger partial charge in [-0.15, -0.1) is 0 Å². The first kappa shape index (κ1) is 48.5. The molecule has 10 heteroatoms. The number of carbonyl (C=O) groups is 2. The molecule has 2 N–H and O–H groups in total. The molecule has 50 heavy (non-hydrogen) atoms. The topological polar surface area (TPSA) is 129 Å². The summed E-state index contributed by atoms with van der Waals surface area (Å²) in [5.74, 6) is -0.903. The average molecular weight is 731 g/mol. The normalized spacial score (nSPS) is 13.6. The van der Waals surface area contributed by atoms with Crippen LogP contribution in [0.3, 0.4) is 0 Å². The van der Waals surface area contributed by atoms with E-state index in [1.807, 2.05) is 0 Å². The highest BCUT2D eigenvalue weighted by Gasteiger charge is 2.25. The van der Waals surface area contributed by atoms with Gasteiger partial charge in [0.25, 0.3) is 0 Å². The van der Waals surface area contributed by atoms with Crippen molar-refractivity contribution in [2.75, 3.05) is 20.0 Å². The Balaban J connectivity index is 4.13. The van der Waals surface area contributed by atoms with E-state index in [-0.39, 0.29) is 19.4 Å². The van der Waals surface area contributed by atoms with Crippen molar-refractivity contribution < 1.29 is 42.7 Å². The van der Waals surface area contributed by atoms with Crippen molar-refractivity contribution in [3.05, 3.63) is 24.3 Å². The highest BCUT2D eigenvalue weighted by Crippen LogP contribution is 2.42. The standard InChI is InChI=1S/C40H75O9P/c1-3-5-7-9-11-13-15-17-19-21-23-25-27-29-31-33-39(42)46-35-38(36-47-50(44,45)48-37-41)49-40(43)34-32-30-28-26-24-22-20-18-16-14-12-10-8-6-4-2/h17-20,38,41H,3-16,21-37H2,1-2H3,(H,44,45)/b19-17-,20-18-/t38-/m1/s1. The number of ether oxygens (including phenoxy) is 2. The maximum Gasteiger partial charge on any atom is 0.474 e. The minimum Gasteiger partial charge on any atom is -0.462 e. The molecule has 0 fully saturated rings.